The van der Waals surface area contributed by atoms with Gasteiger partial charge in [0, 0.05) is 24.0 Å². The molecule has 0 aromatic carbocycles. The molecule has 2 N–H and O–H groups in total. The molecule has 0 radical (unpaired) electrons. The number of thiophene rings is 1. The Morgan fingerprint density at radius 3 is 3.19 bits per heavy atom. The van der Waals surface area contributed by atoms with E-state index in [0.29, 0.717) is 6.54 Å². The van der Waals surface area contributed by atoms with Crippen LogP contribution < -0.4 is 5.73 Å². The van der Waals surface area contributed by atoms with Crippen LogP contribution in [0.3, 0.4) is 0 Å². The van der Waals surface area contributed by atoms with Gasteiger partial charge >= 0.3 is 0 Å². The molecule has 1 atom stereocenters. The van der Waals surface area contributed by atoms with Crippen LogP contribution in [-0.4, -0.2) is 36.2 Å². The van der Waals surface area contributed by atoms with Gasteiger partial charge in [0.1, 0.15) is 4.88 Å². The molecule has 1 aliphatic heterocycles. The first-order valence-electron chi connectivity index (χ1n) is 5.38. The number of rotatable bonds is 2. The molecule has 2 rings (SSSR count). The summed E-state index contributed by atoms with van der Waals surface area (Å²) in [5.41, 5.74) is 5.89. The summed E-state index contributed by atoms with van der Waals surface area (Å²) in [6.07, 6.45) is 4.05. The smallest absolute Gasteiger partial charge is 0.265 e. The zero-order valence-electron chi connectivity index (χ0n) is 9.31. The Labute approximate surface area is 104 Å². The molecule has 1 amide bonds. The molecule has 1 saturated heterocycles. The highest BCUT2D eigenvalue weighted by Gasteiger charge is 2.24. The molecule has 1 unspecified atom stereocenters. The van der Waals surface area contributed by atoms with E-state index in [0.717, 1.165) is 29.2 Å². The van der Waals surface area contributed by atoms with Gasteiger partial charge in [-0.1, -0.05) is 0 Å². The van der Waals surface area contributed by atoms with E-state index in [2.05, 4.69) is 0 Å². The predicted molar refractivity (Wildman–Crippen MR) is 69.2 cm³/mol. The van der Waals surface area contributed by atoms with Gasteiger partial charge in [0.15, 0.2) is 0 Å². The molecular weight excluding hydrogens is 240 g/mol. The van der Waals surface area contributed by atoms with Gasteiger partial charge in [-0.05, 0) is 30.5 Å². The van der Waals surface area contributed by atoms with Crippen molar-refractivity contribution >= 4 is 29.0 Å². The second-order valence-electron chi connectivity index (χ2n) is 3.97. The average Bonchev–Trinajstić information content (AvgIpc) is 2.76. The monoisotopic (exact) mass is 256 g/mol. The highest BCUT2D eigenvalue weighted by atomic mass is 32.2. The standard InChI is InChI=1S/C11H16N2OS2/c1-15-9-4-6-16-10(9)11(14)13-5-2-3-8(12)7-13/h4,6,8H,2-3,5,7,12H2,1H3. The van der Waals surface area contributed by atoms with E-state index in [1.807, 2.05) is 22.6 Å². The van der Waals surface area contributed by atoms with Crippen molar-refractivity contribution in [2.24, 2.45) is 5.73 Å². The lowest BCUT2D eigenvalue weighted by Gasteiger charge is -2.30. The second kappa shape index (κ2) is 5.21. The molecule has 0 spiro atoms. The fourth-order valence-corrected chi connectivity index (χ4v) is 3.66. The maximum absolute atomic E-state index is 12.3. The molecule has 0 aliphatic carbocycles. The number of thioether (sulfide) groups is 1. The lowest BCUT2D eigenvalue weighted by Crippen LogP contribution is -2.45. The summed E-state index contributed by atoms with van der Waals surface area (Å²) in [6, 6.07) is 2.15. The van der Waals surface area contributed by atoms with Crippen LogP contribution in [0.1, 0.15) is 22.5 Å². The predicted octanol–water partition coefficient (Wildman–Crippen LogP) is 2.03. The average molecular weight is 256 g/mol. The minimum atomic E-state index is 0.148. The summed E-state index contributed by atoms with van der Waals surface area (Å²) in [7, 11) is 0. The Bertz CT molecular complexity index is 378. The largest absolute Gasteiger partial charge is 0.336 e. The van der Waals surface area contributed by atoms with Crippen molar-refractivity contribution in [1.29, 1.82) is 0 Å². The van der Waals surface area contributed by atoms with Gasteiger partial charge in [0.2, 0.25) is 0 Å². The molecule has 2 heterocycles. The Kier molecular flexibility index (Phi) is 3.89. The van der Waals surface area contributed by atoms with Crippen LogP contribution in [0.15, 0.2) is 16.3 Å². The first-order chi connectivity index (χ1) is 7.72. The summed E-state index contributed by atoms with van der Waals surface area (Å²) in [4.78, 5) is 16.1. The molecule has 16 heavy (non-hydrogen) atoms. The lowest BCUT2D eigenvalue weighted by molar-refractivity contribution is 0.0710. The van der Waals surface area contributed by atoms with E-state index in [-0.39, 0.29) is 11.9 Å². The summed E-state index contributed by atoms with van der Waals surface area (Å²) >= 11 is 3.15. The Balaban J connectivity index is 2.12. The Hall–Kier alpha value is -0.520. The molecule has 0 saturated carbocycles. The van der Waals surface area contributed by atoms with E-state index in [1.54, 1.807) is 11.8 Å². The van der Waals surface area contributed by atoms with Crippen molar-refractivity contribution in [3.63, 3.8) is 0 Å². The topological polar surface area (TPSA) is 46.3 Å². The van der Waals surface area contributed by atoms with Crippen LogP contribution in [0.2, 0.25) is 0 Å². The van der Waals surface area contributed by atoms with Crippen LogP contribution >= 0.6 is 23.1 Å². The molecule has 5 heteroatoms. The van der Waals surface area contributed by atoms with Crippen LogP contribution in [0.25, 0.3) is 0 Å². The SMILES string of the molecule is CSc1ccsc1C(=O)N1CCCC(N)C1. The normalized spacial score (nSPS) is 21.1. The molecule has 3 nitrogen and oxygen atoms in total. The van der Waals surface area contributed by atoms with Crippen molar-refractivity contribution in [2.45, 2.75) is 23.8 Å². The van der Waals surface area contributed by atoms with Crippen molar-refractivity contribution in [3.8, 4) is 0 Å². The van der Waals surface area contributed by atoms with E-state index in [9.17, 15) is 4.79 Å². The van der Waals surface area contributed by atoms with E-state index < -0.39 is 0 Å². The van der Waals surface area contributed by atoms with Gasteiger partial charge in [-0.15, -0.1) is 23.1 Å². The highest BCUT2D eigenvalue weighted by molar-refractivity contribution is 7.98. The van der Waals surface area contributed by atoms with Crippen LogP contribution in [-0.2, 0) is 0 Å². The Morgan fingerprint density at radius 2 is 2.50 bits per heavy atom. The molecule has 1 aromatic heterocycles. The number of hydrogen-bond donors (Lipinski definition) is 1. The van der Waals surface area contributed by atoms with Gasteiger partial charge in [-0.25, -0.2) is 0 Å². The van der Waals surface area contributed by atoms with Crippen LogP contribution in [0.4, 0.5) is 0 Å². The highest BCUT2D eigenvalue weighted by Crippen LogP contribution is 2.27. The number of nitrogens with two attached hydrogens (primary N) is 1. The molecule has 1 fully saturated rings. The maximum Gasteiger partial charge on any atom is 0.265 e. The van der Waals surface area contributed by atoms with E-state index in [1.165, 1.54) is 11.3 Å². The first-order valence-corrected chi connectivity index (χ1v) is 7.49. The maximum atomic E-state index is 12.3. The van der Waals surface area contributed by atoms with E-state index in [4.69, 9.17) is 5.73 Å². The fraction of sp³-hybridized carbons (Fsp3) is 0.545. The number of carbonyl (C=O) groups is 1. The van der Waals surface area contributed by atoms with Crippen molar-refractivity contribution in [2.75, 3.05) is 19.3 Å². The van der Waals surface area contributed by atoms with Gasteiger partial charge in [-0.2, -0.15) is 0 Å². The zero-order chi connectivity index (χ0) is 11.5. The third-order valence-corrected chi connectivity index (χ3v) is 4.60. The number of piperidine rings is 1. The summed E-state index contributed by atoms with van der Waals surface area (Å²) in [5, 5.41) is 1.98. The number of nitrogens with zero attached hydrogens (tertiary/aromatic N) is 1. The molecular formula is C11H16N2OS2. The van der Waals surface area contributed by atoms with Gasteiger partial charge in [0.05, 0.1) is 0 Å². The minimum Gasteiger partial charge on any atom is -0.336 e. The lowest BCUT2D eigenvalue weighted by atomic mass is 10.1. The number of likely N-dealkylation sites (tertiary alicyclic amines) is 1. The molecule has 88 valence electrons. The number of carbonyl (C=O) groups excluding carboxylic acids is 1. The minimum absolute atomic E-state index is 0.148. The Morgan fingerprint density at radius 1 is 1.69 bits per heavy atom. The van der Waals surface area contributed by atoms with Crippen molar-refractivity contribution < 1.29 is 4.79 Å². The molecule has 1 aliphatic rings. The van der Waals surface area contributed by atoms with Crippen molar-refractivity contribution in [3.05, 3.63) is 16.3 Å². The van der Waals surface area contributed by atoms with E-state index >= 15 is 0 Å². The molecule has 1 aromatic rings. The summed E-state index contributed by atoms with van der Waals surface area (Å²) < 4.78 is 0. The van der Waals surface area contributed by atoms with Gasteiger partial charge < -0.3 is 10.6 Å². The zero-order valence-corrected chi connectivity index (χ0v) is 10.9. The number of hydrogen-bond acceptors (Lipinski definition) is 4. The van der Waals surface area contributed by atoms with Gasteiger partial charge in [0.25, 0.3) is 5.91 Å². The third-order valence-electron chi connectivity index (χ3n) is 2.79. The van der Waals surface area contributed by atoms with Crippen LogP contribution in [0, 0.1) is 0 Å². The summed E-state index contributed by atoms with van der Waals surface area (Å²) in [6.45, 7) is 1.54. The first kappa shape index (κ1) is 12.0. The quantitative estimate of drug-likeness (QED) is 0.824. The number of amides is 1. The van der Waals surface area contributed by atoms with Gasteiger partial charge in [-0.3, -0.25) is 4.79 Å². The molecule has 0 bridgehead atoms. The third kappa shape index (κ3) is 2.42. The van der Waals surface area contributed by atoms with Crippen LogP contribution in [0.5, 0.6) is 0 Å². The second-order valence-corrected chi connectivity index (χ2v) is 5.74. The van der Waals surface area contributed by atoms with Crippen molar-refractivity contribution in [1.82, 2.24) is 4.90 Å². The fourth-order valence-electron chi connectivity index (χ4n) is 1.95. The summed E-state index contributed by atoms with van der Waals surface area (Å²) in [5.74, 6) is 0.148.